The second kappa shape index (κ2) is 6.04. The molecular formula is C15H21FN2O. The van der Waals surface area contributed by atoms with E-state index in [-0.39, 0.29) is 23.2 Å². The van der Waals surface area contributed by atoms with Crippen molar-refractivity contribution in [3.8, 4) is 0 Å². The maximum atomic E-state index is 13.5. The van der Waals surface area contributed by atoms with Crippen LogP contribution in [-0.4, -0.2) is 23.4 Å². The summed E-state index contributed by atoms with van der Waals surface area (Å²) in [6.07, 6.45) is 5.63. The number of carbonyl (C=O) groups excluding carboxylic acids is 1. The summed E-state index contributed by atoms with van der Waals surface area (Å²) in [5.41, 5.74) is 5.93. The maximum Gasteiger partial charge on any atom is 0.256 e. The number of halogens is 1. The van der Waals surface area contributed by atoms with Gasteiger partial charge in [-0.1, -0.05) is 25.3 Å². The highest BCUT2D eigenvalue weighted by molar-refractivity contribution is 5.99. The van der Waals surface area contributed by atoms with E-state index in [2.05, 4.69) is 0 Å². The van der Waals surface area contributed by atoms with Crippen molar-refractivity contribution in [1.82, 2.24) is 4.90 Å². The first-order valence-electron chi connectivity index (χ1n) is 7.00. The molecule has 0 aromatic heterocycles. The summed E-state index contributed by atoms with van der Waals surface area (Å²) in [6.45, 7) is 2.60. The van der Waals surface area contributed by atoms with Crippen molar-refractivity contribution in [2.45, 2.75) is 45.1 Å². The third-order valence-electron chi connectivity index (χ3n) is 3.90. The SMILES string of the molecule is CCN(C(=O)c1cccc(F)c1N)C1CCCCC1. The van der Waals surface area contributed by atoms with Crippen LogP contribution in [0.3, 0.4) is 0 Å². The first-order chi connectivity index (χ1) is 9.15. The van der Waals surface area contributed by atoms with Crippen molar-refractivity contribution < 1.29 is 9.18 Å². The summed E-state index contributed by atoms with van der Waals surface area (Å²) in [4.78, 5) is 14.4. The van der Waals surface area contributed by atoms with Crippen LogP contribution in [0.4, 0.5) is 10.1 Å². The molecule has 1 aliphatic rings. The molecule has 1 amide bonds. The molecule has 1 saturated carbocycles. The third kappa shape index (κ3) is 2.88. The van der Waals surface area contributed by atoms with Gasteiger partial charge in [0.2, 0.25) is 0 Å². The molecule has 0 spiro atoms. The van der Waals surface area contributed by atoms with E-state index in [4.69, 9.17) is 5.73 Å². The number of carbonyl (C=O) groups is 1. The van der Waals surface area contributed by atoms with Gasteiger partial charge in [-0.3, -0.25) is 4.79 Å². The van der Waals surface area contributed by atoms with E-state index in [9.17, 15) is 9.18 Å². The van der Waals surface area contributed by atoms with E-state index in [1.807, 2.05) is 11.8 Å². The van der Waals surface area contributed by atoms with Crippen molar-refractivity contribution in [1.29, 1.82) is 0 Å². The molecule has 0 aliphatic heterocycles. The summed E-state index contributed by atoms with van der Waals surface area (Å²) in [5.74, 6) is -0.669. The predicted octanol–water partition coefficient (Wildman–Crippen LogP) is 3.20. The second-order valence-corrected chi connectivity index (χ2v) is 5.08. The Hall–Kier alpha value is -1.58. The van der Waals surface area contributed by atoms with Gasteiger partial charge in [0.05, 0.1) is 11.3 Å². The van der Waals surface area contributed by atoms with E-state index in [1.54, 1.807) is 6.07 Å². The number of nitrogens with zero attached hydrogens (tertiary/aromatic N) is 1. The van der Waals surface area contributed by atoms with Crippen molar-refractivity contribution in [3.05, 3.63) is 29.6 Å². The number of benzene rings is 1. The first-order valence-corrected chi connectivity index (χ1v) is 7.00. The van der Waals surface area contributed by atoms with Gasteiger partial charge in [-0.05, 0) is 31.9 Å². The fourth-order valence-corrected chi connectivity index (χ4v) is 2.84. The minimum atomic E-state index is -0.523. The van der Waals surface area contributed by atoms with E-state index >= 15 is 0 Å². The van der Waals surface area contributed by atoms with E-state index in [0.717, 1.165) is 25.7 Å². The molecule has 1 aromatic carbocycles. The molecule has 1 fully saturated rings. The van der Waals surface area contributed by atoms with Gasteiger partial charge in [-0.2, -0.15) is 0 Å². The van der Waals surface area contributed by atoms with Crippen LogP contribution in [-0.2, 0) is 0 Å². The quantitative estimate of drug-likeness (QED) is 0.852. The molecule has 0 saturated heterocycles. The van der Waals surface area contributed by atoms with Gasteiger partial charge < -0.3 is 10.6 Å². The molecule has 1 aromatic rings. The van der Waals surface area contributed by atoms with Crippen molar-refractivity contribution >= 4 is 11.6 Å². The molecule has 19 heavy (non-hydrogen) atoms. The van der Waals surface area contributed by atoms with Crippen molar-refractivity contribution in [2.75, 3.05) is 12.3 Å². The van der Waals surface area contributed by atoms with Crippen molar-refractivity contribution in [3.63, 3.8) is 0 Å². The molecule has 0 radical (unpaired) electrons. The molecule has 0 unspecified atom stereocenters. The Morgan fingerprint density at radius 3 is 2.68 bits per heavy atom. The Morgan fingerprint density at radius 1 is 1.37 bits per heavy atom. The zero-order valence-electron chi connectivity index (χ0n) is 11.4. The Bertz CT molecular complexity index is 455. The maximum absolute atomic E-state index is 13.5. The zero-order chi connectivity index (χ0) is 13.8. The van der Waals surface area contributed by atoms with Gasteiger partial charge in [-0.25, -0.2) is 4.39 Å². The third-order valence-corrected chi connectivity index (χ3v) is 3.90. The number of nitrogen functional groups attached to an aromatic ring is 1. The second-order valence-electron chi connectivity index (χ2n) is 5.08. The topological polar surface area (TPSA) is 46.3 Å². The van der Waals surface area contributed by atoms with Crippen LogP contribution < -0.4 is 5.73 Å². The Labute approximate surface area is 113 Å². The largest absolute Gasteiger partial charge is 0.396 e. The lowest BCUT2D eigenvalue weighted by molar-refractivity contribution is 0.0648. The van der Waals surface area contributed by atoms with Gasteiger partial charge in [0, 0.05) is 12.6 Å². The lowest BCUT2D eigenvalue weighted by atomic mass is 9.93. The normalized spacial score (nSPS) is 16.3. The van der Waals surface area contributed by atoms with Gasteiger partial charge >= 0.3 is 0 Å². The first kappa shape index (κ1) is 13.8. The van der Waals surface area contributed by atoms with Crippen molar-refractivity contribution in [2.24, 2.45) is 0 Å². The summed E-state index contributed by atoms with van der Waals surface area (Å²) in [5, 5.41) is 0. The molecular weight excluding hydrogens is 243 g/mol. The van der Waals surface area contributed by atoms with Gasteiger partial charge in [0.1, 0.15) is 5.82 Å². The Morgan fingerprint density at radius 2 is 2.05 bits per heavy atom. The highest BCUT2D eigenvalue weighted by atomic mass is 19.1. The standard InChI is InChI=1S/C15H21FN2O/c1-2-18(11-7-4-3-5-8-11)15(19)12-9-6-10-13(16)14(12)17/h6,9-11H,2-5,7-8,17H2,1H3. The van der Waals surface area contributed by atoms with Crippen LogP contribution in [0.1, 0.15) is 49.4 Å². The minimum absolute atomic E-state index is 0.0400. The van der Waals surface area contributed by atoms with E-state index in [0.29, 0.717) is 6.54 Å². The summed E-state index contributed by atoms with van der Waals surface area (Å²) >= 11 is 0. The molecule has 3 nitrogen and oxygen atoms in total. The highest BCUT2D eigenvalue weighted by Crippen LogP contribution is 2.25. The fraction of sp³-hybridized carbons (Fsp3) is 0.533. The lowest BCUT2D eigenvalue weighted by Crippen LogP contribution is -2.41. The Kier molecular flexibility index (Phi) is 4.40. The fourth-order valence-electron chi connectivity index (χ4n) is 2.84. The molecule has 4 heteroatoms. The molecule has 2 N–H and O–H groups in total. The van der Waals surface area contributed by atoms with Crippen LogP contribution in [0.2, 0.25) is 0 Å². The molecule has 0 heterocycles. The van der Waals surface area contributed by atoms with Crippen LogP contribution in [0.5, 0.6) is 0 Å². The average Bonchev–Trinajstić information content (AvgIpc) is 2.44. The van der Waals surface area contributed by atoms with Gasteiger partial charge in [-0.15, -0.1) is 0 Å². The minimum Gasteiger partial charge on any atom is -0.396 e. The van der Waals surface area contributed by atoms with Crippen LogP contribution in [0.25, 0.3) is 0 Å². The van der Waals surface area contributed by atoms with Gasteiger partial charge in [0.15, 0.2) is 0 Å². The average molecular weight is 264 g/mol. The predicted molar refractivity (Wildman–Crippen MR) is 74.4 cm³/mol. The zero-order valence-corrected chi connectivity index (χ0v) is 11.4. The molecule has 0 bridgehead atoms. The molecule has 2 rings (SSSR count). The molecule has 104 valence electrons. The number of rotatable bonds is 3. The monoisotopic (exact) mass is 264 g/mol. The van der Waals surface area contributed by atoms with Crippen LogP contribution in [0.15, 0.2) is 18.2 Å². The Balaban J connectivity index is 2.22. The van der Waals surface area contributed by atoms with Crippen LogP contribution in [0, 0.1) is 5.82 Å². The number of para-hydroxylation sites is 1. The lowest BCUT2D eigenvalue weighted by Gasteiger charge is -2.34. The summed E-state index contributed by atoms with van der Waals surface area (Å²) < 4.78 is 13.5. The van der Waals surface area contributed by atoms with E-state index in [1.165, 1.54) is 18.6 Å². The van der Waals surface area contributed by atoms with Crippen LogP contribution >= 0.6 is 0 Å². The van der Waals surface area contributed by atoms with Gasteiger partial charge in [0.25, 0.3) is 5.91 Å². The number of nitrogens with two attached hydrogens (primary N) is 1. The smallest absolute Gasteiger partial charge is 0.256 e. The number of amides is 1. The molecule has 1 aliphatic carbocycles. The number of hydrogen-bond donors (Lipinski definition) is 1. The molecule has 0 atom stereocenters. The highest BCUT2D eigenvalue weighted by Gasteiger charge is 2.26. The number of anilines is 1. The summed E-state index contributed by atoms with van der Waals surface area (Å²) in [6, 6.07) is 4.69. The van der Waals surface area contributed by atoms with E-state index < -0.39 is 5.82 Å². The summed E-state index contributed by atoms with van der Waals surface area (Å²) in [7, 11) is 0. The number of hydrogen-bond acceptors (Lipinski definition) is 2.